The van der Waals surface area contributed by atoms with Gasteiger partial charge in [0.1, 0.15) is 6.17 Å². The molecule has 2 aromatic heterocycles. The van der Waals surface area contributed by atoms with Crippen molar-refractivity contribution in [2.24, 2.45) is 5.41 Å². The molecule has 4 heterocycles. The molecule has 0 aliphatic carbocycles. The molecule has 5 rings (SSSR count). The standard InChI is InChI=1S/C23H26N4S/c1-5-22(3)16-10-7-8-11-17(16)26-19-20(25-14-13-24-19)27(18-12-9-15-28-18)21(26)23(22,4)6-2/h7-15,21H,5-6H2,1-4H3. The molecule has 0 saturated carbocycles. The molecule has 3 atom stereocenters. The van der Waals surface area contributed by atoms with E-state index < -0.39 is 0 Å². The van der Waals surface area contributed by atoms with Crippen molar-refractivity contribution in [2.75, 3.05) is 9.80 Å². The number of fused-ring (bicyclic) bond motifs is 5. The lowest BCUT2D eigenvalue weighted by molar-refractivity contribution is 0.0965. The van der Waals surface area contributed by atoms with Crippen LogP contribution in [-0.2, 0) is 5.41 Å². The highest BCUT2D eigenvalue weighted by atomic mass is 32.1. The summed E-state index contributed by atoms with van der Waals surface area (Å²) < 4.78 is 0. The largest absolute Gasteiger partial charge is 0.301 e. The topological polar surface area (TPSA) is 32.3 Å². The Bertz CT molecular complexity index is 1020. The lowest BCUT2D eigenvalue weighted by Crippen LogP contribution is -2.62. The first-order valence-electron chi connectivity index (χ1n) is 10.1. The molecule has 3 aromatic rings. The van der Waals surface area contributed by atoms with Crippen LogP contribution in [0.1, 0.15) is 46.1 Å². The molecule has 0 radical (unpaired) electrons. The third kappa shape index (κ3) is 2.00. The van der Waals surface area contributed by atoms with Gasteiger partial charge >= 0.3 is 0 Å². The molecule has 0 amide bonds. The summed E-state index contributed by atoms with van der Waals surface area (Å²) in [5.74, 6) is 1.93. The van der Waals surface area contributed by atoms with Crippen molar-refractivity contribution in [1.82, 2.24) is 9.97 Å². The maximum Gasteiger partial charge on any atom is 0.179 e. The van der Waals surface area contributed by atoms with Crippen molar-refractivity contribution in [2.45, 2.75) is 52.1 Å². The molecule has 0 saturated heterocycles. The average molecular weight is 391 g/mol. The molecule has 0 bridgehead atoms. The van der Waals surface area contributed by atoms with Gasteiger partial charge in [0.05, 0.1) is 5.00 Å². The highest BCUT2D eigenvalue weighted by Gasteiger charge is 2.61. The second-order valence-corrected chi connectivity index (χ2v) is 9.17. The van der Waals surface area contributed by atoms with Crippen LogP contribution in [0.25, 0.3) is 0 Å². The fourth-order valence-corrected chi connectivity index (χ4v) is 6.12. The number of aromatic nitrogens is 2. The summed E-state index contributed by atoms with van der Waals surface area (Å²) in [6.45, 7) is 9.56. The van der Waals surface area contributed by atoms with E-state index in [-0.39, 0.29) is 17.0 Å². The first kappa shape index (κ1) is 17.7. The molecule has 0 N–H and O–H groups in total. The maximum absolute atomic E-state index is 4.80. The maximum atomic E-state index is 4.80. The molecule has 2 aliphatic rings. The van der Waals surface area contributed by atoms with Crippen LogP contribution in [0.15, 0.2) is 54.2 Å². The predicted octanol–water partition coefficient (Wildman–Crippen LogP) is 6.25. The fraction of sp³-hybridized carbons (Fsp3) is 0.391. The summed E-state index contributed by atoms with van der Waals surface area (Å²) in [5, 5.41) is 3.37. The number of thiophene rings is 1. The Morgan fingerprint density at radius 2 is 1.64 bits per heavy atom. The fourth-order valence-electron chi connectivity index (χ4n) is 5.37. The van der Waals surface area contributed by atoms with Gasteiger partial charge in [-0.3, -0.25) is 4.90 Å². The molecule has 28 heavy (non-hydrogen) atoms. The molecule has 0 spiro atoms. The summed E-state index contributed by atoms with van der Waals surface area (Å²) in [5.41, 5.74) is 2.76. The number of nitrogens with zero attached hydrogens (tertiary/aromatic N) is 4. The van der Waals surface area contributed by atoms with Gasteiger partial charge in [-0.25, -0.2) is 9.97 Å². The molecule has 1 aromatic carbocycles. The van der Waals surface area contributed by atoms with Crippen molar-refractivity contribution >= 4 is 33.7 Å². The number of hydrogen-bond donors (Lipinski definition) is 0. The van der Waals surface area contributed by atoms with Crippen molar-refractivity contribution < 1.29 is 0 Å². The average Bonchev–Trinajstić information content (AvgIpc) is 3.38. The number of rotatable bonds is 3. The van der Waals surface area contributed by atoms with Gasteiger partial charge in [0.15, 0.2) is 11.6 Å². The Balaban J connectivity index is 1.86. The van der Waals surface area contributed by atoms with E-state index in [4.69, 9.17) is 9.97 Å². The Morgan fingerprint density at radius 1 is 0.929 bits per heavy atom. The zero-order valence-electron chi connectivity index (χ0n) is 16.9. The Labute approximate surface area is 170 Å². The van der Waals surface area contributed by atoms with Crippen LogP contribution in [0.3, 0.4) is 0 Å². The monoisotopic (exact) mass is 390 g/mol. The second-order valence-electron chi connectivity index (χ2n) is 8.24. The van der Waals surface area contributed by atoms with E-state index in [2.05, 4.69) is 79.3 Å². The van der Waals surface area contributed by atoms with Crippen LogP contribution < -0.4 is 9.80 Å². The van der Waals surface area contributed by atoms with Gasteiger partial charge in [-0.05, 0) is 42.0 Å². The van der Waals surface area contributed by atoms with Crippen molar-refractivity contribution in [3.8, 4) is 0 Å². The Morgan fingerprint density at radius 3 is 2.29 bits per heavy atom. The molecule has 2 aliphatic heterocycles. The summed E-state index contributed by atoms with van der Waals surface area (Å²) in [4.78, 5) is 14.5. The summed E-state index contributed by atoms with van der Waals surface area (Å²) >= 11 is 1.77. The van der Waals surface area contributed by atoms with E-state index in [0.717, 1.165) is 24.5 Å². The van der Waals surface area contributed by atoms with Crippen molar-refractivity contribution in [3.05, 3.63) is 59.7 Å². The Hall–Kier alpha value is -2.40. The minimum atomic E-state index is 0.0163. The predicted molar refractivity (Wildman–Crippen MR) is 117 cm³/mol. The molecular formula is C23H26N4S. The Kier molecular flexibility index (Phi) is 3.82. The van der Waals surface area contributed by atoms with E-state index in [1.54, 1.807) is 11.3 Å². The summed E-state index contributed by atoms with van der Waals surface area (Å²) in [7, 11) is 0. The van der Waals surface area contributed by atoms with Gasteiger partial charge in [-0.15, -0.1) is 11.3 Å². The van der Waals surface area contributed by atoms with Gasteiger partial charge in [-0.2, -0.15) is 0 Å². The van der Waals surface area contributed by atoms with Crippen LogP contribution in [0, 0.1) is 5.41 Å². The van der Waals surface area contributed by atoms with Crippen LogP contribution in [0.5, 0.6) is 0 Å². The van der Waals surface area contributed by atoms with E-state index in [9.17, 15) is 0 Å². The van der Waals surface area contributed by atoms with E-state index in [0.29, 0.717) is 0 Å². The first-order chi connectivity index (χ1) is 13.6. The SMILES string of the molecule is CCC1(C)c2ccccc2N2c3nccnc3N(c3cccs3)C2C1(C)CC. The van der Waals surface area contributed by atoms with Crippen LogP contribution in [-0.4, -0.2) is 16.1 Å². The van der Waals surface area contributed by atoms with Gasteiger partial charge in [0.2, 0.25) is 0 Å². The van der Waals surface area contributed by atoms with Crippen molar-refractivity contribution in [1.29, 1.82) is 0 Å². The third-order valence-corrected chi connectivity index (χ3v) is 8.25. The molecule has 144 valence electrons. The van der Waals surface area contributed by atoms with E-state index in [1.807, 2.05) is 12.4 Å². The van der Waals surface area contributed by atoms with Crippen LogP contribution >= 0.6 is 11.3 Å². The number of benzene rings is 1. The molecule has 0 fully saturated rings. The van der Waals surface area contributed by atoms with E-state index in [1.165, 1.54) is 16.3 Å². The highest BCUT2D eigenvalue weighted by molar-refractivity contribution is 7.14. The lowest BCUT2D eigenvalue weighted by atomic mass is 9.55. The molecule has 5 heteroatoms. The number of anilines is 4. The minimum Gasteiger partial charge on any atom is -0.301 e. The zero-order chi connectivity index (χ0) is 19.5. The molecule has 4 nitrogen and oxygen atoms in total. The van der Waals surface area contributed by atoms with Crippen LogP contribution in [0.2, 0.25) is 0 Å². The third-order valence-electron chi connectivity index (χ3n) is 7.38. The second kappa shape index (κ2) is 6.05. The van der Waals surface area contributed by atoms with Crippen molar-refractivity contribution in [3.63, 3.8) is 0 Å². The summed E-state index contributed by atoms with van der Waals surface area (Å²) in [6, 6.07) is 13.2. The molecular weight excluding hydrogens is 364 g/mol. The van der Waals surface area contributed by atoms with Gasteiger partial charge < -0.3 is 4.90 Å². The number of hydrogen-bond acceptors (Lipinski definition) is 5. The first-order valence-corrected chi connectivity index (χ1v) is 11.0. The van der Waals surface area contributed by atoms with Crippen LogP contribution in [0.4, 0.5) is 22.3 Å². The zero-order valence-corrected chi connectivity index (χ0v) is 17.7. The minimum absolute atomic E-state index is 0.0163. The normalized spacial score (nSPS) is 28.1. The summed E-state index contributed by atoms with van der Waals surface area (Å²) in [6.07, 6.45) is 5.93. The highest BCUT2D eigenvalue weighted by Crippen LogP contribution is 2.63. The lowest BCUT2D eigenvalue weighted by Gasteiger charge is -2.58. The van der Waals surface area contributed by atoms with Gasteiger partial charge in [0, 0.05) is 28.9 Å². The smallest absolute Gasteiger partial charge is 0.179 e. The molecule has 3 unspecified atom stereocenters. The van der Waals surface area contributed by atoms with Gasteiger partial charge in [-0.1, -0.05) is 45.9 Å². The number of para-hydroxylation sites is 1. The van der Waals surface area contributed by atoms with Gasteiger partial charge in [0.25, 0.3) is 0 Å². The quantitative estimate of drug-likeness (QED) is 0.529. The van der Waals surface area contributed by atoms with E-state index >= 15 is 0 Å².